The van der Waals surface area contributed by atoms with Gasteiger partial charge >= 0.3 is 5.97 Å². The first-order valence-electron chi connectivity index (χ1n) is 6.93. The number of nitrogens with zero attached hydrogens (tertiary/aromatic N) is 3. The van der Waals surface area contributed by atoms with Crippen LogP contribution in [0.15, 0.2) is 54.6 Å². The van der Waals surface area contributed by atoms with E-state index in [4.69, 9.17) is 0 Å². The Balaban J connectivity index is 2.07. The molecule has 0 fully saturated rings. The number of benzene rings is 2. The van der Waals surface area contributed by atoms with Crippen molar-refractivity contribution in [3.8, 4) is 11.3 Å². The molecule has 5 heteroatoms. The fourth-order valence-electron chi connectivity index (χ4n) is 2.43. The topological polar surface area (TPSA) is 68.0 Å². The van der Waals surface area contributed by atoms with Crippen molar-refractivity contribution < 1.29 is 9.90 Å². The zero-order valence-electron chi connectivity index (χ0n) is 12.1. The Kier molecular flexibility index (Phi) is 3.70. The van der Waals surface area contributed by atoms with Crippen molar-refractivity contribution >= 4 is 5.97 Å². The van der Waals surface area contributed by atoms with Crippen molar-refractivity contribution in [3.63, 3.8) is 0 Å². The number of hydrogen-bond acceptors (Lipinski definition) is 3. The van der Waals surface area contributed by atoms with Gasteiger partial charge in [-0.2, -0.15) is 0 Å². The fourth-order valence-corrected chi connectivity index (χ4v) is 2.43. The lowest BCUT2D eigenvalue weighted by molar-refractivity contribution is 0.0691. The van der Waals surface area contributed by atoms with Crippen LogP contribution in [0.4, 0.5) is 0 Å². The van der Waals surface area contributed by atoms with Gasteiger partial charge in [-0.1, -0.05) is 65.4 Å². The molecule has 0 spiro atoms. The summed E-state index contributed by atoms with van der Waals surface area (Å²) in [6, 6.07) is 17.4. The molecule has 1 N–H and O–H groups in total. The van der Waals surface area contributed by atoms with E-state index >= 15 is 0 Å². The minimum absolute atomic E-state index is 0.0288. The predicted octanol–water partition coefficient (Wildman–Crippen LogP) is 3.00. The van der Waals surface area contributed by atoms with Crippen molar-refractivity contribution in [3.05, 3.63) is 71.4 Å². The summed E-state index contributed by atoms with van der Waals surface area (Å²) in [5.74, 6) is -1.07. The maximum Gasteiger partial charge on any atom is 0.358 e. The zero-order valence-corrected chi connectivity index (χ0v) is 12.1. The van der Waals surface area contributed by atoms with Crippen LogP contribution in [0.1, 0.15) is 21.6 Å². The molecule has 0 bridgehead atoms. The van der Waals surface area contributed by atoms with E-state index < -0.39 is 5.97 Å². The lowest BCUT2D eigenvalue weighted by Crippen LogP contribution is -2.06. The van der Waals surface area contributed by atoms with Gasteiger partial charge in [-0.05, 0) is 12.5 Å². The number of aromatic carboxylic acids is 1. The highest BCUT2D eigenvalue weighted by Gasteiger charge is 2.20. The van der Waals surface area contributed by atoms with Crippen LogP contribution < -0.4 is 0 Å². The van der Waals surface area contributed by atoms with Crippen LogP contribution in [0, 0.1) is 6.92 Å². The van der Waals surface area contributed by atoms with Crippen LogP contribution in [-0.4, -0.2) is 26.1 Å². The summed E-state index contributed by atoms with van der Waals surface area (Å²) in [4.78, 5) is 11.4. The van der Waals surface area contributed by atoms with Gasteiger partial charge in [-0.3, -0.25) is 0 Å². The molecule has 1 aromatic heterocycles. The molecule has 22 heavy (non-hydrogen) atoms. The average Bonchev–Trinajstić information content (AvgIpc) is 2.92. The van der Waals surface area contributed by atoms with Gasteiger partial charge in [-0.25, -0.2) is 9.48 Å². The van der Waals surface area contributed by atoms with E-state index in [1.54, 1.807) is 4.68 Å². The molecule has 0 saturated heterocycles. The van der Waals surface area contributed by atoms with Gasteiger partial charge in [0.15, 0.2) is 5.69 Å². The van der Waals surface area contributed by atoms with Gasteiger partial charge in [0, 0.05) is 5.56 Å². The third kappa shape index (κ3) is 2.74. The highest BCUT2D eigenvalue weighted by atomic mass is 16.4. The fraction of sp³-hybridized carbons (Fsp3) is 0.118. The van der Waals surface area contributed by atoms with Crippen LogP contribution in [0.25, 0.3) is 11.3 Å². The minimum atomic E-state index is -1.07. The standard InChI is InChI=1S/C17H15N3O2/c1-12-6-5-7-13(10-12)11-20-16(14-8-3-2-4-9-14)15(17(21)22)18-19-20/h2-10H,11H2,1H3,(H,21,22). The predicted molar refractivity (Wildman–Crippen MR) is 82.7 cm³/mol. The Morgan fingerprint density at radius 1 is 1.14 bits per heavy atom. The van der Waals surface area contributed by atoms with E-state index in [9.17, 15) is 9.90 Å². The summed E-state index contributed by atoms with van der Waals surface area (Å²) >= 11 is 0. The molecule has 5 nitrogen and oxygen atoms in total. The van der Waals surface area contributed by atoms with Gasteiger partial charge < -0.3 is 5.11 Å². The summed E-state index contributed by atoms with van der Waals surface area (Å²) in [7, 11) is 0. The van der Waals surface area contributed by atoms with Crippen molar-refractivity contribution in [2.45, 2.75) is 13.5 Å². The molecule has 3 aromatic rings. The number of rotatable bonds is 4. The Morgan fingerprint density at radius 3 is 2.59 bits per heavy atom. The van der Waals surface area contributed by atoms with Crippen molar-refractivity contribution in [1.82, 2.24) is 15.0 Å². The number of carboxylic acids is 1. The van der Waals surface area contributed by atoms with E-state index in [0.29, 0.717) is 12.2 Å². The Labute approximate surface area is 127 Å². The highest BCUT2D eigenvalue weighted by Crippen LogP contribution is 2.23. The molecule has 110 valence electrons. The van der Waals surface area contributed by atoms with Crippen LogP contribution >= 0.6 is 0 Å². The number of carbonyl (C=O) groups is 1. The molecule has 2 aromatic carbocycles. The number of aromatic nitrogens is 3. The summed E-state index contributed by atoms with van der Waals surface area (Å²) in [6.07, 6.45) is 0. The largest absolute Gasteiger partial charge is 0.476 e. The van der Waals surface area contributed by atoms with Crippen LogP contribution in [0.3, 0.4) is 0 Å². The highest BCUT2D eigenvalue weighted by molar-refractivity contribution is 5.92. The molecule has 3 rings (SSSR count). The van der Waals surface area contributed by atoms with Crippen LogP contribution in [-0.2, 0) is 6.54 Å². The first kappa shape index (κ1) is 14.0. The molecule has 0 amide bonds. The summed E-state index contributed by atoms with van der Waals surface area (Å²) in [5.41, 5.74) is 3.49. The van der Waals surface area contributed by atoms with Gasteiger partial charge in [0.25, 0.3) is 0 Å². The SMILES string of the molecule is Cc1cccc(Cn2nnc(C(=O)O)c2-c2ccccc2)c1. The normalized spacial score (nSPS) is 10.6. The van der Waals surface area contributed by atoms with Gasteiger partial charge in [0.05, 0.1) is 6.54 Å². The quantitative estimate of drug-likeness (QED) is 0.803. The molecule has 0 aliphatic carbocycles. The third-order valence-corrected chi connectivity index (χ3v) is 3.40. The minimum Gasteiger partial charge on any atom is -0.476 e. The molecule has 0 saturated carbocycles. The number of aryl methyl sites for hydroxylation is 1. The lowest BCUT2D eigenvalue weighted by Gasteiger charge is -2.08. The van der Waals surface area contributed by atoms with E-state index in [1.807, 2.05) is 55.5 Å². The van der Waals surface area contributed by atoms with Gasteiger partial charge in [0.2, 0.25) is 0 Å². The molecule has 1 heterocycles. The van der Waals surface area contributed by atoms with E-state index in [-0.39, 0.29) is 5.69 Å². The molecule has 0 radical (unpaired) electrons. The molecular weight excluding hydrogens is 278 g/mol. The maximum absolute atomic E-state index is 11.4. The third-order valence-electron chi connectivity index (χ3n) is 3.40. The van der Waals surface area contributed by atoms with Crippen LogP contribution in [0.2, 0.25) is 0 Å². The van der Waals surface area contributed by atoms with Gasteiger partial charge in [-0.15, -0.1) is 5.10 Å². The second-order valence-electron chi connectivity index (χ2n) is 5.10. The van der Waals surface area contributed by atoms with E-state index in [0.717, 1.165) is 16.7 Å². The second-order valence-corrected chi connectivity index (χ2v) is 5.10. The monoisotopic (exact) mass is 293 g/mol. The first-order chi connectivity index (χ1) is 10.6. The average molecular weight is 293 g/mol. The number of carboxylic acid groups (broad SMARTS) is 1. The summed E-state index contributed by atoms with van der Waals surface area (Å²) < 4.78 is 1.63. The Morgan fingerprint density at radius 2 is 1.91 bits per heavy atom. The summed E-state index contributed by atoms with van der Waals surface area (Å²) in [6.45, 7) is 2.50. The lowest BCUT2D eigenvalue weighted by atomic mass is 10.1. The summed E-state index contributed by atoms with van der Waals surface area (Å²) in [5, 5.41) is 17.2. The molecule has 0 aliphatic heterocycles. The number of hydrogen-bond donors (Lipinski definition) is 1. The van der Waals surface area contributed by atoms with E-state index in [1.165, 1.54) is 0 Å². The van der Waals surface area contributed by atoms with Crippen LogP contribution in [0.5, 0.6) is 0 Å². The molecule has 0 aliphatic rings. The van der Waals surface area contributed by atoms with Gasteiger partial charge in [0.1, 0.15) is 5.69 Å². The Bertz CT molecular complexity index is 810. The van der Waals surface area contributed by atoms with Crippen molar-refractivity contribution in [1.29, 1.82) is 0 Å². The first-order valence-corrected chi connectivity index (χ1v) is 6.93. The second kappa shape index (κ2) is 5.81. The Hall–Kier alpha value is -2.95. The van der Waals surface area contributed by atoms with Crippen molar-refractivity contribution in [2.24, 2.45) is 0 Å². The maximum atomic E-state index is 11.4. The molecule has 0 atom stereocenters. The molecule has 0 unspecified atom stereocenters. The smallest absolute Gasteiger partial charge is 0.358 e. The van der Waals surface area contributed by atoms with Crippen molar-refractivity contribution in [2.75, 3.05) is 0 Å². The molecular formula is C17H15N3O2. The van der Waals surface area contributed by atoms with E-state index in [2.05, 4.69) is 16.4 Å². The zero-order chi connectivity index (χ0) is 15.5.